The Morgan fingerprint density at radius 2 is 1.65 bits per heavy atom. The fraction of sp³-hybridized carbons (Fsp3) is 0.235. The number of benzene rings is 2. The number of ether oxygens (including phenoxy) is 2. The van der Waals surface area contributed by atoms with E-state index < -0.39 is 0 Å². The minimum absolute atomic E-state index is 0.0127. The first-order valence-electron chi connectivity index (χ1n) is 6.55. The number of hydrogen-bond donors (Lipinski definition) is 0. The van der Waals surface area contributed by atoms with Gasteiger partial charge in [-0.1, -0.05) is 25.1 Å². The first-order valence-corrected chi connectivity index (χ1v) is 6.55. The summed E-state index contributed by atoms with van der Waals surface area (Å²) in [6, 6.07) is 12.9. The number of ketones is 1. The van der Waals surface area contributed by atoms with Gasteiger partial charge in [0, 0.05) is 11.1 Å². The van der Waals surface area contributed by atoms with E-state index in [2.05, 4.69) is 6.92 Å². The van der Waals surface area contributed by atoms with Gasteiger partial charge in [-0.25, -0.2) is 0 Å². The molecule has 0 saturated heterocycles. The van der Waals surface area contributed by atoms with Crippen molar-refractivity contribution in [3.8, 4) is 11.5 Å². The van der Waals surface area contributed by atoms with Crippen molar-refractivity contribution in [2.75, 3.05) is 14.2 Å². The lowest BCUT2D eigenvalue weighted by Gasteiger charge is -2.09. The van der Waals surface area contributed by atoms with E-state index >= 15 is 0 Å². The van der Waals surface area contributed by atoms with Gasteiger partial charge in [-0.3, -0.25) is 4.79 Å². The number of aryl methyl sites for hydroxylation is 1. The van der Waals surface area contributed by atoms with Crippen molar-refractivity contribution in [2.24, 2.45) is 0 Å². The quantitative estimate of drug-likeness (QED) is 0.780. The highest BCUT2D eigenvalue weighted by atomic mass is 16.5. The second-order valence-corrected chi connectivity index (χ2v) is 4.45. The molecule has 0 aliphatic heterocycles. The predicted octanol–water partition coefficient (Wildman–Crippen LogP) is 3.50. The van der Waals surface area contributed by atoms with Crippen molar-refractivity contribution in [2.45, 2.75) is 13.3 Å². The average Bonchev–Trinajstić information content (AvgIpc) is 2.53. The molecule has 0 atom stereocenters. The number of carbonyl (C=O) groups excluding carboxylic acids is 1. The molecule has 2 rings (SSSR count). The van der Waals surface area contributed by atoms with Crippen LogP contribution in [0.25, 0.3) is 0 Å². The normalized spacial score (nSPS) is 10.2. The second-order valence-electron chi connectivity index (χ2n) is 4.45. The Kier molecular flexibility index (Phi) is 4.41. The van der Waals surface area contributed by atoms with Gasteiger partial charge < -0.3 is 9.47 Å². The maximum atomic E-state index is 12.5. The van der Waals surface area contributed by atoms with Gasteiger partial charge in [-0.15, -0.1) is 0 Å². The van der Waals surface area contributed by atoms with E-state index in [9.17, 15) is 4.79 Å². The number of hydrogen-bond acceptors (Lipinski definition) is 3. The third-order valence-corrected chi connectivity index (χ3v) is 3.24. The Bertz CT molecular complexity index is 617. The van der Waals surface area contributed by atoms with Crippen LogP contribution in [-0.4, -0.2) is 20.0 Å². The molecule has 0 bridgehead atoms. The predicted molar refractivity (Wildman–Crippen MR) is 78.8 cm³/mol. The Balaban J connectivity index is 2.37. The van der Waals surface area contributed by atoms with Gasteiger partial charge in [0.25, 0.3) is 0 Å². The van der Waals surface area contributed by atoms with Crippen LogP contribution in [0.2, 0.25) is 0 Å². The van der Waals surface area contributed by atoms with Crippen LogP contribution >= 0.6 is 0 Å². The number of rotatable bonds is 5. The average molecular weight is 270 g/mol. The fourth-order valence-electron chi connectivity index (χ4n) is 2.08. The first-order chi connectivity index (χ1) is 9.69. The van der Waals surface area contributed by atoms with Crippen LogP contribution in [0.1, 0.15) is 28.4 Å². The van der Waals surface area contributed by atoms with Crippen molar-refractivity contribution in [1.29, 1.82) is 0 Å². The summed E-state index contributed by atoms with van der Waals surface area (Å²) in [5, 5.41) is 0. The van der Waals surface area contributed by atoms with E-state index in [-0.39, 0.29) is 5.78 Å². The highest BCUT2D eigenvalue weighted by Gasteiger charge is 2.12. The third kappa shape index (κ3) is 2.82. The highest BCUT2D eigenvalue weighted by Crippen LogP contribution is 2.28. The molecule has 0 aromatic heterocycles. The lowest BCUT2D eigenvalue weighted by atomic mass is 10.0. The van der Waals surface area contributed by atoms with Crippen molar-refractivity contribution < 1.29 is 14.3 Å². The van der Waals surface area contributed by atoms with Gasteiger partial charge in [0.1, 0.15) is 0 Å². The van der Waals surface area contributed by atoms with Crippen molar-refractivity contribution in [1.82, 2.24) is 0 Å². The summed E-state index contributed by atoms with van der Waals surface area (Å²) >= 11 is 0. The lowest BCUT2D eigenvalue weighted by molar-refractivity contribution is 0.103. The molecule has 0 saturated carbocycles. The van der Waals surface area contributed by atoms with Crippen LogP contribution in [0.4, 0.5) is 0 Å². The van der Waals surface area contributed by atoms with Gasteiger partial charge in [0.05, 0.1) is 14.2 Å². The van der Waals surface area contributed by atoms with Gasteiger partial charge in [0.2, 0.25) is 0 Å². The van der Waals surface area contributed by atoms with Crippen LogP contribution in [0.15, 0.2) is 42.5 Å². The maximum absolute atomic E-state index is 12.5. The monoisotopic (exact) mass is 270 g/mol. The lowest BCUT2D eigenvalue weighted by Crippen LogP contribution is -2.03. The van der Waals surface area contributed by atoms with Crippen molar-refractivity contribution >= 4 is 5.78 Å². The molecule has 3 nitrogen and oxygen atoms in total. The molecular weight excluding hydrogens is 252 g/mol. The molecule has 2 aromatic rings. The summed E-state index contributed by atoms with van der Waals surface area (Å²) < 4.78 is 10.4. The number of carbonyl (C=O) groups is 1. The molecule has 0 N–H and O–H groups in total. The van der Waals surface area contributed by atoms with E-state index in [1.165, 1.54) is 0 Å². The van der Waals surface area contributed by atoms with Gasteiger partial charge >= 0.3 is 0 Å². The van der Waals surface area contributed by atoms with Gasteiger partial charge in [-0.2, -0.15) is 0 Å². The molecule has 0 radical (unpaired) electrons. The maximum Gasteiger partial charge on any atom is 0.193 e. The Morgan fingerprint density at radius 3 is 2.30 bits per heavy atom. The molecule has 0 amide bonds. The zero-order chi connectivity index (χ0) is 14.5. The molecular formula is C17H18O3. The molecule has 0 heterocycles. The van der Waals surface area contributed by atoms with Crippen LogP contribution in [0.5, 0.6) is 11.5 Å². The first kappa shape index (κ1) is 14.1. The zero-order valence-corrected chi connectivity index (χ0v) is 12.0. The molecule has 0 spiro atoms. The molecule has 3 heteroatoms. The Labute approximate surface area is 119 Å². The van der Waals surface area contributed by atoms with Crippen molar-refractivity contribution in [3.05, 3.63) is 59.2 Å². The summed E-state index contributed by atoms with van der Waals surface area (Å²) in [5.41, 5.74) is 2.43. The van der Waals surface area contributed by atoms with E-state index in [4.69, 9.17) is 9.47 Å². The van der Waals surface area contributed by atoms with Crippen molar-refractivity contribution in [3.63, 3.8) is 0 Å². The standard InChI is InChI=1S/C17H18O3/c1-4-12-6-5-7-13(10-12)17(18)14-8-9-15(19-2)16(11-14)20-3/h5-11H,4H2,1-3H3. The fourth-order valence-corrected chi connectivity index (χ4v) is 2.08. The van der Waals surface area contributed by atoms with Crippen LogP contribution in [-0.2, 0) is 6.42 Å². The Morgan fingerprint density at radius 1 is 0.950 bits per heavy atom. The summed E-state index contributed by atoms with van der Waals surface area (Å²) in [6.45, 7) is 2.07. The minimum Gasteiger partial charge on any atom is -0.493 e. The zero-order valence-electron chi connectivity index (χ0n) is 12.0. The van der Waals surface area contributed by atoms with E-state index in [1.807, 2.05) is 24.3 Å². The van der Waals surface area contributed by atoms with Gasteiger partial charge in [-0.05, 0) is 36.2 Å². The second kappa shape index (κ2) is 6.24. The SMILES string of the molecule is CCc1cccc(C(=O)c2ccc(OC)c(OC)c2)c1. The van der Waals surface area contributed by atoms with Crippen LogP contribution in [0.3, 0.4) is 0 Å². The molecule has 20 heavy (non-hydrogen) atoms. The third-order valence-electron chi connectivity index (χ3n) is 3.24. The van der Waals surface area contributed by atoms with Crippen LogP contribution in [0, 0.1) is 0 Å². The molecule has 0 aliphatic rings. The Hall–Kier alpha value is -2.29. The molecule has 0 unspecified atom stereocenters. The highest BCUT2D eigenvalue weighted by molar-refractivity contribution is 6.09. The number of methoxy groups -OCH3 is 2. The molecule has 104 valence electrons. The molecule has 2 aromatic carbocycles. The van der Waals surface area contributed by atoms with E-state index in [0.29, 0.717) is 22.6 Å². The minimum atomic E-state index is -0.0127. The van der Waals surface area contributed by atoms with E-state index in [0.717, 1.165) is 12.0 Å². The smallest absolute Gasteiger partial charge is 0.193 e. The van der Waals surface area contributed by atoms with Gasteiger partial charge in [0.15, 0.2) is 17.3 Å². The summed E-state index contributed by atoms with van der Waals surface area (Å²) in [6.07, 6.45) is 0.910. The topological polar surface area (TPSA) is 35.5 Å². The van der Waals surface area contributed by atoms with E-state index in [1.54, 1.807) is 32.4 Å². The molecule has 0 aliphatic carbocycles. The summed E-state index contributed by atoms with van der Waals surface area (Å²) in [7, 11) is 3.13. The largest absolute Gasteiger partial charge is 0.493 e. The molecule has 0 fully saturated rings. The summed E-state index contributed by atoms with van der Waals surface area (Å²) in [5.74, 6) is 1.16. The summed E-state index contributed by atoms with van der Waals surface area (Å²) in [4.78, 5) is 12.5. The van der Waals surface area contributed by atoms with Crippen LogP contribution < -0.4 is 9.47 Å².